The molecule has 0 aromatic heterocycles. The van der Waals surface area contributed by atoms with Crippen molar-refractivity contribution in [2.45, 2.75) is 19.5 Å². The van der Waals surface area contributed by atoms with Gasteiger partial charge in [-0.05, 0) is 24.6 Å². The fourth-order valence-electron chi connectivity index (χ4n) is 1.46. The van der Waals surface area contributed by atoms with Crippen LogP contribution < -0.4 is 5.73 Å². The van der Waals surface area contributed by atoms with E-state index >= 15 is 0 Å². The number of benzene rings is 1. The summed E-state index contributed by atoms with van der Waals surface area (Å²) in [6.07, 6.45) is -5.07. The fraction of sp³-hybridized carbons (Fsp3) is 0.364. The number of rotatable bonds is 3. The molecule has 0 fully saturated rings. The van der Waals surface area contributed by atoms with E-state index in [4.69, 9.17) is 5.73 Å². The largest absolute Gasteiger partial charge is 0.466 e. The van der Waals surface area contributed by atoms with Gasteiger partial charge in [-0.15, -0.1) is 0 Å². The van der Waals surface area contributed by atoms with Gasteiger partial charge in [0.15, 0.2) is 0 Å². The van der Waals surface area contributed by atoms with Crippen LogP contribution in [0.3, 0.4) is 0 Å². The van der Waals surface area contributed by atoms with Gasteiger partial charge in [0.1, 0.15) is 0 Å². The molecule has 1 aromatic carbocycles. The molecule has 7 heteroatoms. The summed E-state index contributed by atoms with van der Waals surface area (Å²) in [6.45, 7) is 1.68. The minimum absolute atomic E-state index is 0.0928. The smallest absolute Gasteiger partial charge is 0.416 e. The number of hydrogen-bond donors (Lipinski definition) is 1. The van der Waals surface area contributed by atoms with Gasteiger partial charge in [0, 0.05) is 10.2 Å². The molecule has 1 rings (SSSR count). The second-order valence-corrected chi connectivity index (χ2v) is 4.42. The molecule has 0 amide bonds. The molecule has 3 nitrogen and oxygen atoms in total. The van der Waals surface area contributed by atoms with E-state index in [-0.39, 0.29) is 22.3 Å². The third-order valence-corrected chi connectivity index (χ3v) is 2.64. The van der Waals surface area contributed by atoms with Crippen molar-refractivity contribution < 1.29 is 22.7 Å². The van der Waals surface area contributed by atoms with Crippen molar-refractivity contribution in [1.29, 1.82) is 0 Å². The van der Waals surface area contributed by atoms with Crippen molar-refractivity contribution in [3.63, 3.8) is 0 Å². The molecule has 0 aliphatic heterocycles. The van der Waals surface area contributed by atoms with Crippen molar-refractivity contribution in [2.24, 2.45) is 0 Å². The van der Waals surface area contributed by atoms with Gasteiger partial charge >= 0.3 is 12.1 Å². The predicted molar refractivity (Wildman–Crippen MR) is 63.9 cm³/mol. The molecule has 1 aromatic rings. The molecule has 0 bridgehead atoms. The third-order valence-electron chi connectivity index (χ3n) is 2.18. The lowest BCUT2D eigenvalue weighted by Gasteiger charge is -2.15. The average Bonchev–Trinajstić information content (AvgIpc) is 2.20. The number of ether oxygens (including phenoxy) is 1. The molecule has 18 heavy (non-hydrogen) atoms. The molecule has 0 unspecified atom stereocenters. The van der Waals surface area contributed by atoms with E-state index < -0.39 is 24.1 Å². The van der Waals surface area contributed by atoms with E-state index in [1.54, 1.807) is 6.92 Å². The summed E-state index contributed by atoms with van der Waals surface area (Å²) in [6, 6.07) is 2.22. The Kier molecular flexibility index (Phi) is 4.61. The van der Waals surface area contributed by atoms with E-state index in [2.05, 4.69) is 20.7 Å². The minimum atomic E-state index is -4.57. The predicted octanol–water partition coefficient (Wildman–Crippen LogP) is 3.16. The highest BCUT2D eigenvalue weighted by Crippen LogP contribution is 2.37. The van der Waals surface area contributed by atoms with Crippen LogP contribution in [0.5, 0.6) is 0 Å². The maximum Gasteiger partial charge on any atom is 0.416 e. The molecule has 0 spiro atoms. The molecule has 0 aliphatic rings. The first-order chi connectivity index (χ1) is 8.25. The van der Waals surface area contributed by atoms with Crippen LogP contribution in [0.25, 0.3) is 0 Å². The molecule has 2 N–H and O–H groups in total. The van der Waals surface area contributed by atoms with Crippen molar-refractivity contribution in [1.82, 2.24) is 0 Å². The van der Waals surface area contributed by atoms with Gasteiger partial charge in [-0.3, -0.25) is 4.79 Å². The highest BCUT2D eigenvalue weighted by Gasteiger charge is 2.35. The Morgan fingerprint density at radius 1 is 1.44 bits per heavy atom. The van der Waals surface area contributed by atoms with E-state index in [0.29, 0.717) is 0 Å². The van der Waals surface area contributed by atoms with Gasteiger partial charge in [0.2, 0.25) is 0 Å². The van der Waals surface area contributed by atoms with Crippen LogP contribution in [-0.2, 0) is 22.1 Å². The number of carbonyl (C=O) groups is 1. The summed E-state index contributed by atoms with van der Waals surface area (Å²) < 4.78 is 43.3. The second-order valence-electron chi connectivity index (χ2n) is 3.50. The number of anilines is 1. The van der Waals surface area contributed by atoms with Crippen LogP contribution in [0, 0.1) is 0 Å². The maximum absolute atomic E-state index is 12.8. The second kappa shape index (κ2) is 5.60. The Hall–Kier alpha value is -1.24. The molecule has 0 heterocycles. The van der Waals surface area contributed by atoms with Crippen LogP contribution >= 0.6 is 15.9 Å². The lowest BCUT2D eigenvalue weighted by atomic mass is 10.0. The van der Waals surface area contributed by atoms with Gasteiger partial charge in [-0.25, -0.2) is 0 Å². The van der Waals surface area contributed by atoms with Gasteiger partial charge in [0.25, 0.3) is 0 Å². The van der Waals surface area contributed by atoms with Crippen molar-refractivity contribution >= 4 is 27.6 Å². The first-order valence-corrected chi connectivity index (χ1v) is 5.85. The van der Waals surface area contributed by atoms with Gasteiger partial charge in [-0.2, -0.15) is 13.2 Å². The topological polar surface area (TPSA) is 52.3 Å². The Morgan fingerprint density at radius 2 is 2.06 bits per heavy atom. The van der Waals surface area contributed by atoms with Crippen LogP contribution in [0.15, 0.2) is 16.6 Å². The highest BCUT2D eigenvalue weighted by molar-refractivity contribution is 9.10. The lowest BCUT2D eigenvalue weighted by molar-refractivity contribution is -0.143. The number of alkyl halides is 3. The maximum atomic E-state index is 12.8. The van der Waals surface area contributed by atoms with E-state index in [0.717, 1.165) is 6.07 Å². The summed E-state index contributed by atoms with van der Waals surface area (Å²) in [4.78, 5) is 11.3. The molecule has 0 saturated carbocycles. The number of nitrogen functional groups attached to an aromatic ring is 1. The van der Waals surface area contributed by atoms with Crippen molar-refractivity contribution in [3.05, 3.63) is 27.7 Å². The Labute approximate surface area is 110 Å². The summed E-state index contributed by atoms with van der Waals surface area (Å²) in [5.41, 5.74) is 4.24. The standard InChI is InChI=1S/C11H11BrF3NO2/c1-2-18-10(17)5-7-8(11(13,14)15)3-6(12)4-9(7)16/h3-4H,2,5,16H2,1H3. The quantitative estimate of drug-likeness (QED) is 0.686. The molecule has 0 aliphatic carbocycles. The SMILES string of the molecule is CCOC(=O)Cc1c(N)cc(Br)cc1C(F)(F)F. The molecular weight excluding hydrogens is 315 g/mol. The minimum Gasteiger partial charge on any atom is -0.466 e. The summed E-state index contributed by atoms with van der Waals surface area (Å²) in [5, 5.41) is 0. The van der Waals surface area contributed by atoms with Crippen LogP contribution in [0.2, 0.25) is 0 Å². The lowest BCUT2D eigenvalue weighted by Crippen LogP contribution is -2.16. The first kappa shape index (κ1) is 14.8. The zero-order valence-corrected chi connectivity index (χ0v) is 11.1. The average molecular weight is 326 g/mol. The van der Waals surface area contributed by atoms with E-state index in [1.807, 2.05) is 0 Å². The molecular formula is C11H11BrF3NO2. The normalized spacial score (nSPS) is 11.4. The number of carbonyl (C=O) groups excluding carboxylic acids is 1. The van der Waals surface area contributed by atoms with Crippen LogP contribution in [-0.4, -0.2) is 12.6 Å². The Morgan fingerprint density at radius 3 is 2.56 bits per heavy atom. The number of esters is 1. The summed E-state index contributed by atoms with van der Waals surface area (Å²) in [7, 11) is 0. The fourth-order valence-corrected chi connectivity index (χ4v) is 1.94. The van der Waals surface area contributed by atoms with Gasteiger partial charge < -0.3 is 10.5 Å². The highest BCUT2D eigenvalue weighted by atomic mass is 79.9. The van der Waals surface area contributed by atoms with E-state index in [1.165, 1.54) is 6.07 Å². The summed E-state index contributed by atoms with van der Waals surface area (Å²) in [5.74, 6) is -0.739. The Balaban J connectivity index is 3.20. The van der Waals surface area contributed by atoms with Crippen molar-refractivity contribution in [2.75, 3.05) is 12.3 Å². The van der Waals surface area contributed by atoms with E-state index in [9.17, 15) is 18.0 Å². The number of halogens is 4. The van der Waals surface area contributed by atoms with Crippen molar-refractivity contribution in [3.8, 4) is 0 Å². The molecule has 100 valence electrons. The van der Waals surface area contributed by atoms with Crippen LogP contribution in [0.4, 0.5) is 18.9 Å². The van der Waals surface area contributed by atoms with Gasteiger partial charge in [-0.1, -0.05) is 15.9 Å². The van der Waals surface area contributed by atoms with Gasteiger partial charge in [0.05, 0.1) is 18.6 Å². The zero-order chi connectivity index (χ0) is 13.9. The Bertz CT molecular complexity index is 460. The monoisotopic (exact) mass is 325 g/mol. The number of hydrogen-bond acceptors (Lipinski definition) is 3. The first-order valence-electron chi connectivity index (χ1n) is 5.06. The third kappa shape index (κ3) is 3.63. The molecule has 0 saturated heterocycles. The zero-order valence-electron chi connectivity index (χ0n) is 9.47. The summed E-state index contributed by atoms with van der Waals surface area (Å²) >= 11 is 2.94. The molecule has 0 radical (unpaired) electrons. The van der Waals surface area contributed by atoms with Crippen LogP contribution in [0.1, 0.15) is 18.1 Å². The molecule has 0 atom stereocenters. The number of nitrogens with two attached hydrogens (primary N) is 1.